The summed E-state index contributed by atoms with van der Waals surface area (Å²) >= 11 is 1.68. The van der Waals surface area contributed by atoms with Crippen LogP contribution in [-0.2, 0) is 19.6 Å². The molecule has 1 heterocycles. The van der Waals surface area contributed by atoms with Crippen molar-refractivity contribution >= 4 is 41.3 Å². The molecule has 0 bridgehead atoms. The molecule has 27 heavy (non-hydrogen) atoms. The molecule has 2 aromatic rings. The van der Waals surface area contributed by atoms with E-state index in [2.05, 4.69) is 68.6 Å². The molecule has 1 aromatic carbocycles. The highest BCUT2D eigenvalue weighted by Crippen LogP contribution is 2.11. The smallest absolute Gasteiger partial charge is 0.194 e. The van der Waals surface area contributed by atoms with Gasteiger partial charge in [-0.25, -0.2) is 4.98 Å². The summed E-state index contributed by atoms with van der Waals surface area (Å²) in [6.45, 7) is 11.1. The largest absolute Gasteiger partial charge is 0.352 e. The third-order valence-corrected chi connectivity index (χ3v) is 5.20. The lowest BCUT2D eigenvalue weighted by Gasteiger charge is -2.22. The van der Waals surface area contributed by atoms with E-state index < -0.39 is 0 Å². The van der Waals surface area contributed by atoms with Crippen LogP contribution in [0.25, 0.3) is 0 Å². The van der Waals surface area contributed by atoms with Gasteiger partial charge >= 0.3 is 0 Å². The highest BCUT2D eigenvalue weighted by Gasteiger charge is 2.09. The molecule has 7 heteroatoms. The topological polar surface area (TPSA) is 43.8 Å². The fourth-order valence-electron chi connectivity index (χ4n) is 2.91. The van der Waals surface area contributed by atoms with Gasteiger partial charge in [0.05, 0.1) is 17.2 Å². The van der Waals surface area contributed by atoms with Crippen LogP contribution < -0.4 is 5.32 Å². The van der Waals surface area contributed by atoms with Crippen molar-refractivity contribution in [3.05, 3.63) is 51.5 Å². The van der Waals surface area contributed by atoms with Gasteiger partial charge in [0.15, 0.2) is 5.96 Å². The minimum atomic E-state index is 0. The molecule has 0 amide bonds. The Kier molecular flexibility index (Phi) is 10.9. The SMILES string of the molecule is CCN(CC)Cc1cccc(CNC(=NC)N(C)Cc2csc(C)n2)c1.I. The summed E-state index contributed by atoms with van der Waals surface area (Å²) in [7, 11) is 3.86. The van der Waals surface area contributed by atoms with Gasteiger partial charge in [-0.05, 0) is 31.1 Å². The Bertz CT molecular complexity index is 712. The van der Waals surface area contributed by atoms with Crippen LogP contribution >= 0.6 is 35.3 Å². The zero-order valence-electron chi connectivity index (χ0n) is 17.0. The highest BCUT2D eigenvalue weighted by atomic mass is 127. The molecule has 0 aliphatic rings. The number of hydrogen-bond acceptors (Lipinski definition) is 4. The third kappa shape index (κ3) is 7.75. The van der Waals surface area contributed by atoms with Crippen LogP contribution in [0.15, 0.2) is 34.6 Å². The zero-order valence-corrected chi connectivity index (χ0v) is 20.2. The van der Waals surface area contributed by atoms with E-state index in [4.69, 9.17) is 0 Å². The standard InChI is InChI=1S/C20H31N5S.HI/c1-6-25(7-2)13-18-10-8-9-17(11-18)12-22-20(21-4)24(5)14-19-15-26-16(3)23-19;/h8-11,15H,6-7,12-14H2,1-5H3,(H,21,22);1H. The van der Waals surface area contributed by atoms with Crippen molar-refractivity contribution in [3.8, 4) is 0 Å². The molecule has 1 N–H and O–H groups in total. The first-order valence-corrected chi connectivity index (χ1v) is 10.1. The number of aryl methyl sites for hydroxylation is 1. The number of hydrogen-bond donors (Lipinski definition) is 1. The molecule has 0 atom stereocenters. The maximum absolute atomic E-state index is 4.53. The average Bonchev–Trinajstić information content (AvgIpc) is 3.05. The molecule has 0 spiro atoms. The average molecular weight is 501 g/mol. The van der Waals surface area contributed by atoms with Crippen molar-refractivity contribution in [2.24, 2.45) is 4.99 Å². The third-order valence-electron chi connectivity index (χ3n) is 4.38. The molecule has 0 aliphatic carbocycles. The molecular weight excluding hydrogens is 469 g/mol. The number of rotatable bonds is 8. The molecule has 0 radical (unpaired) electrons. The monoisotopic (exact) mass is 501 g/mol. The number of aromatic nitrogens is 1. The Morgan fingerprint density at radius 2 is 1.89 bits per heavy atom. The summed E-state index contributed by atoms with van der Waals surface area (Å²) in [5.41, 5.74) is 3.71. The van der Waals surface area contributed by atoms with Crippen LogP contribution in [0.2, 0.25) is 0 Å². The van der Waals surface area contributed by atoms with Crippen LogP contribution in [0.5, 0.6) is 0 Å². The van der Waals surface area contributed by atoms with E-state index in [1.165, 1.54) is 11.1 Å². The van der Waals surface area contributed by atoms with Crippen LogP contribution in [0.1, 0.15) is 35.7 Å². The maximum atomic E-state index is 4.53. The van der Waals surface area contributed by atoms with Gasteiger partial charge in [0.2, 0.25) is 0 Å². The Morgan fingerprint density at radius 3 is 2.48 bits per heavy atom. The van der Waals surface area contributed by atoms with Gasteiger partial charge in [-0.3, -0.25) is 9.89 Å². The lowest BCUT2D eigenvalue weighted by molar-refractivity contribution is 0.296. The molecule has 0 unspecified atom stereocenters. The highest BCUT2D eigenvalue weighted by molar-refractivity contribution is 14.0. The predicted octanol–water partition coefficient (Wildman–Crippen LogP) is 4.12. The lowest BCUT2D eigenvalue weighted by atomic mass is 10.1. The van der Waals surface area contributed by atoms with Gasteiger partial charge in [0.1, 0.15) is 0 Å². The molecular formula is C20H32IN5S. The van der Waals surface area contributed by atoms with Gasteiger partial charge in [-0.15, -0.1) is 35.3 Å². The number of benzene rings is 1. The maximum Gasteiger partial charge on any atom is 0.194 e. The van der Waals surface area contributed by atoms with Crippen LogP contribution in [0.3, 0.4) is 0 Å². The van der Waals surface area contributed by atoms with Crippen LogP contribution in [0.4, 0.5) is 0 Å². The Morgan fingerprint density at radius 1 is 1.19 bits per heavy atom. The van der Waals surface area contributed by atoms with E-state index in [0.717, 1.165) is 49.4 Å². The number of aliphatic imine (C=N–C) groups is 1. The summed E-state index contributed by atoms with van der Waals surface area (Å²) < 4.78 is 0. The molecule has 0 fully saturated rings. The summed E-state index contributed by atoms with van der Waals surface area (Å²) in [5, 5.41) is 6.66. The van der Waals surface area contributed by atoms with E-state index in [0.29, 0.717) is 0 Å². The van der Waals surface area contributed by atoms with Gasteiger partial charge in [-0.1, -0.05) is 38.1 Å². The zero-order chi connectivity index (χ0) is 18.9. The molecule has 1 aromatic heterocycles. The minimum Gasteiger partial charge on any atom is -0.352 e. The van der Waals surface area contributed by atoms with E-state index in [1.54, 1.807) is 11.3 Å². The first kappa shape index (κ1) is 23.8. The Labute approximate surface area is 184 Å². The van der Waals surface area contributed by atoms with E-state index in [9.17, 15) is 0 Å². The molecule has 0 saturated heterocycles. The van der Waals surface area contributed by atoms with Gasteiger partial charge in [0, 0.05) is 32.6 Å². The summed E-state index contributed by atoms with van der Waals surface area (Å²) in [6, 6.07) is 8.78. The summed E-state index contributed by atoms with van der Waals surface area (Å²) in [4.78, 5) is 13.5. The molecule has 2 rings (SSSR count). The first-order valence-electron chi connectivity index (χ1n) is 9.18. The van der Waals surface area contributed by atoms with Gasteiger partial charge in [0.25, 0.3) is 0 Å². The van der Waals surface area contributed by atoms with E-state index >= 15 is 0 Å². The molecule has 0 saturated carbocycles. The minimum absolute atomic E-state index is 0. The second-order valence-electron chi connectivity index (χ2n) is 6.40. The first-order chi connectivity index (χ1) is 12.5. The molecule has 5 nitrogen and oxygen atoms in total. The molecule has 150 valence electrons. The van der Waals surface area contributed by atoms with Crippen LogP contribution in [-0.4, -0.2) is 47.9 Å². The van der Waals surface area contributed by atoms with E-state index in [-0.39, 0.29) is 24.0 Å². The second kappa shape index (κ2) is 12.3. The van der Waals surface area contributed by atoms with E-state index in [1.807, 2.05) is 21.0 Å². The lowest BCUT2D eigenvalue weighted by Crippen LogP contribution is -2.38. The number of thiazole rings is 1. The fraction of sp³-hybridized carbons (Fsp3) is 0.500. The van der Waals surface area contributed by atoms with Crippen LogP contribution in [0, 0.1) is 6.92 Å². The van der Waals surface area contributed by atoms with Crippen molar-refractivity contribution in [1.82, 2.24) is 20.1 Å². The normalized spacial score (nSPS) is 11.4. The number of guanidine groups is 1. The fourth-order valence-corrected chi connectivity index (χ4v) is 3.51. The predicted molar refractivity (Wildman–Crippen MR) is 127 cm³/mol. The van der Waals surface area contributed by atoms with Gasteiger partial charge in [-0.2, -0.15) is 0 Å². The van der Waals surface area contributed by atoms with Crippen molar-refractivity contribution in [1.29, 1.82) is 0 Å². The molecule has 0 aliphatic heterocycles. The van der Waals surface area contributed by atoms with Crippen molar-refractivity contribution in [2.75, 3.05) is 27.2 Å². The number of nitrogens with one attached hydrogen (secondary N) is 1. The van der Waals surface area contributed by atoms with Crippen molar-refractivity contribution < 1.29 is 0 Å². The summed E-state index contributed by atoms with van der Waals surface area (Å²) in [6.07, 6.45) is 0. The van der Waals surface area contributed by atoms with Crippen molar-refractivity contribution in [2.45, 2.75) is 40.4 Å². The number of halogens is 1. The number of nitrogens with zero attached hydrogens (tertiary/aromatic N) is 4. The Hall–Kier alpha value is -1.19. The quantitative estimate of drug-likeness (QED) is 0.336. The van der Waals surface area contributed by atoms with Gasteiger partial charge < -0.3 is 10.2 Å². The second-order valence-corrected chi connectivity index (χ2v) is 7.46. The summed E-state index contributed by atoms with van der Waals surface area (Å²) in [5.74, 6) is 0.879. The van der Waals surface area contributed by atoms with Crippen molar-refractivity contribution in [3.63, 3.8) is 0 Å². The Balaban J connectivity index is 0.00000364.